The van der Waals surface area contributed by atoms with Crippen molar-refractivity contribution in [3.05, 3.63) is 41.1 Å². The lowest BCUT2D eigenvalue weighted by Crippen LogP contribution is -2.37. The van der Waals surface area contributed by atoms with Gasteiger partial charge in [0.25, 0.3) is 5.91 Å². The molecular weight excluding hydrogens is 304 g/mol. The molecular formula is C18H24N4O2. The van der Waals surface area contributed by atoms with Gasteiger partial charge in [0.2, 0.25) is 5.88 Å². The highest BCUT2D eigenvalue weighted by Crippen LogP contribution is 2.28. The van der Waals surface area contributed by atoms with Crippen molar-refractivity contribution in [2.24, 2.45) is 7.05 Å². The summed E-state index contributed by atoms with van der Waals surface area (Å²) in [5.41, 5.74) is 2.77. The highest BCUT2D eigenvalue weighted by Gasteiger charge is 2.26. The van der Waals surface area contributed by atoms with E-state index in [4.69, 9.17) is 4.74 Å². The molecule has 1 aliphatic rings. The lowest BCUT2D eigenvalue weighted by atomic mass is 10.1. The number of methoxy groups -OCH3 is 1. The van der Waals surface area contributed by atoms with Crippen LogP contribution in [0.2, 0.25) is 0 Å². The molecule has 1 aliphatic carbocycles. The summed E-state index contributed by atoms with van der Waals surface area (Å²) in [6.45, 7) is 4.47. The van der Waals surface area contributed by atoms with Gasteiger partial charge in [-0.15, -0.1) is 0 Å². The van der Waals surface area contributed by atoms with Crippen molar-refractivity contribution >= 4 is 5.91 Å². The van der Waals surface area contributed by atoms with E-state index in [0.29, 0.717) is 18.0 Å². The Bertz CT molecular complexity index is 751. The highest BCUT2D eigenvalue weighted by atomic mass is 16.5. The molecule has 0 aliphatic heterocycles. The van der Waals surface area contributed by atoms with Gasteiger partial charge in [0.1, 0.15) is 11.4 Å². The van der Waals surface area contributed by atoms with Gasteiger partial charge in [0.15, 0.2) is 0 Å². The third-order valence-electron chi connectivity index (χ3n) is 4.56. The Labute approximate surface area is 142 Å². The fraction of sp³-hybridized carbons (Fsp3) is 0.500. The van der Waals surface area contributed by atoms with Crippen LogP contribution < -0.4 is 4.74 Å². The van der Waals surface area contributed by atoms with Gasteiger partial charge in [-0.05, 0) is 44.7 Å². The third kappa shape index (κ3) is 3.00. The van der Waals surface area contributed by atoms with Crippen LogP contribution in [0.1, 0.15) is 47.7 Å². The van der Waals surface area contributed by atoms with Crippen LogP contribution in [-0.4, -0.2) is 38.5 Å². The fourth-order valence-electron chi connectivity index (χ4n) is 3.11. The Morgan fingerprint density at radius 3 is 2.83 bits per heavy atom. The van der Waals surface area contributed by atoms with Gasteiger partial charge in [0, 0.05) is 31.2 Å². The molecule has 3 rings (SSSR count). The SMILES string of the molecule is COc1nc2c(cc1C(=O)N(Cc1nccn1C)C(C)C)CCC2. The summed E-state index contributed by atoms with van der Waals surface area (Å²) >= 11 is 0. The monoisotopic (exact) mass is 328 g/mol. The number of hydrogen-bond donors (Lipinski definition) is 0. The summed E-state index contributed by atoms with van der Waals surface area (Å²) in [5.74, 6) is 1.21. The Morgan fingerprint density at radius 2 is 2.21 bits per heavy atom. The van der Waals surface area contributed by atoms with Crippen LogP contribution in [0.3, 0.4) is 0 Å². The highest BCUT2D eigenvalue weighted by molar-refractivity contribution is 5.96. The molecule has 0 radical (unpaired) electrons. The number of nitrogens with zero attached hydrogens (tertiary/aromatic N) is 4. The predicted molar refractivity (Wildman–Crippen MR) is 91.0 cm³/mol. The van der Waals surface area contributed by atoms with Crippen LogP contribution >= 0.6 is 0 Å². The number of amides is 1. The topological polar surface area (TPSA) is 60.2 Å². The first-order chi connectivity index (χ1) is 11.5. The van der Waals surface area contributed by atoms with Crippen LogP contribution in [0, 0.1) is 0 Å². The molecule has 0 aromatic carbocycles. The predicted octanol–water partition coefficient (Wildman–Crippen LogP) is 2.36. The Hall–Kier alpha value is -2.37. The second-order valence-corrected chi connectivity index (χ2v) is 6.49. The van der Waals surface area contributed by atoms with Crippen molar-refractivity contribution in [2.45, 2.75) is 45.7 Å². The molecule has 0 fully saturated rings. The summed E-state index contributed by atoms with van der Waals surface area (Å²) in [6, 6.07) is 2.01. The van der Waals surface area contributed by atoms with Gasteiger partial charge in [-0.2, -0.15) is 0 Å². The van der Waals surface area contributed by atoms with E-state index >= 15 is 0 Å². The van der Waals surface area contributed by atoms with Crippen molar-refractivity contribution in [1.82, 2.24) is 19.4 Å². The number of fused-ring (bicyclic) bond motifs is 1. The van der Waals surface area contributed by atoms with E-state index in [0.717, 1.165) is 30.8 Å². The number of carbonyl (C=O) groups excluding carboxylic acids is 1. The molecule has 24 heavy (non-hydrogen) atoms. The van der Waals surface area contributed by atoms with Crippen molar-refractivity contribution < 1.29 is 9.53 Å². The Morgan fingerprint density at radius 1 is 1.42 bits per heavy atom. The maximum absolute atomic E-state index is 13.2. The van der Waals surface area contributed by atoms with Gasteiger partial charge >= 0.3 is 0 Å². The number of aryl methyl sites for hydroxylation is 3. The molecule has 2 aromatic heterocycles. The van der Waals surface area contributed by atoms with E-state index in [1.165, 1.54) is 5.56 Å². The summed E-state index contributed by atoms with van der Waals surface area (Å²) in [6.07, 6.45) is 6.66. The van der Waals surface area contributed by atoms with E-state index in [2.05, 4.69) is 9.97 Å². The molecule has 0 atom stereocenters. The second-order valence-electron chi connectivity index (χ2n) is 6.49. The molecule has 6 nitrogen and oxygen atoms in total. The quantitative estimate of drug-likeness (QED) is 0.845. The summed E-state index contributed by atoms with van der Waals surface area (Å²) < 4.78 is 7.33. The van der Waals surface area contributed by atoms with E-state index in [-0.39, 0.29) is 11.9 Å². The average molecular weight is 328 g/mol. The molecule has 0 N–H and O–H groups in total. The molecule has 0 saturated heterocycles. The number of imidazole rings is 1. The summed E-state index contributed by atoms with van der Waals surface area (Å²) in [7, 11) is 3.50. The first-order valence-electron chi connectivity index (χ1n) is 8.35. The normalized spacial score (nSPS) is 13.2. The Balaban J connectivity index is 1.94. The zero-order valence-corrected chi connectivity index (χ0v) is 14.7. The van der Waals surface area contributed by atoms with E-state index in [1.54, 1.807) is 13.3 Å². The van der Waals surface area contributed by atoms with E-state index in [9.17, 15) is 4.79 Å². The smallest absolute Gasteiger partial charge is 0.259 e. The fourth-order valence-corrected chi connectivity index (χ4v) is 3.11. The number of ether oxygens (including phenoxy) is 1. The molecule has 0 saturated carbocycles. The van der Waals surface area contributed by atoms with E-state index < -0.39 is 0 Å². The van der Waals surface area contributed by atoms with Crippen molar-refractivity contribution in [1.29, 1.82) is 0 Å². The van der Waals surface area contributed by atoms with Crippen LogP contribution in [0.5, 0.6) is 5.88 Å². The first kappa shape index (κ1) is 16.5. The molecule has 1 amide bonds. The maximum atomic E-state index is 13.2. The molecule has 2 aromatic rings. The lowest BCUT2D eigenvalue weighted by molar-refractivity contribution is 0.0679. The van der Waals surface area contributed by atoms with Gasteiger partial charge < -0.3 is 14.2 Å². The lowest BCUT2D eigenvalue weighted by Gasteiger charge is -2.27. The third-order valence-corrected chi connectivity index (χ3v) is 4.56. The number of carbonyl (C=O) groups is 1. The number of hydrogen-bond acceptors (Lipinski definition) is 4. The van der Waals surface area contributed by atoms with Crippen LogP contribution in [0.25, 0.3) is 0 Å². The molecule has 6 heteroatoms. The van der Waals surface area contributed by atoms with Gasteiger partial charge in [-0.3, -0.25) is 4.79 Å². The molecule has 0 spiro atoms. The molecule has 0 unspecified atom stereocenters. The van der Waals surface area contributed by atoms with Gasteiger partial charge in [0.05, 0.1) is 13.7 Å². The zero-order valence-electron chi connectivity index (χ0n) is 14.7. The standard InChI is InChI=1S/C18H24N4O2/c1-12(2)22(11-16-19-8-9-21(16)3)18(23)14-10-13-6-5-7-15(13)20-17(14)24-4/h8-10,12H,5-7,11H2,1-4H3. The van der Waals surface area contributed by atoms with Crippen LogP contribution in [-0.2, 0) is 26.4 Å². The van der Waals surface area contributed by atoms with Crippen molar-refractivity contribution in [3.8, 4) is 5.88 Å². The molecule has 2 heterocycles. The van der Waals surface area contributed by atoms with E-state index in [1.807, 2.05) is 42.6 Å². The minimum atomic E-state index is -0.0629. The average Bonchev–Trinajstić information content (AvgIpc) is 3.18. The van der Waals surface area contributed by atoms with Gasteiger partial charge in [-0.1, -0.05) is 0 Å². The maximum Gasteiger partial charge on any atom is 0.259 e. The molecule has 0 bridgehead atoms. The summed E-state index contributed by atoms with van der Waals surface area (Å²) in [5, 5.41) is 0. The summed E-state index contributed by atoms with van der Waals surface area (Å²) in [4.78, 5) is 23.9. The van der Waals surface area contributed by atoms with Crippen LogP contribution in [0.4, 0.5) is 0 Å². The number of rotatable bonds is 5. The first-order valence-corrected chi connectivity index (χ1v) is 8.35. The van der Waals surface area contributed by atoms with Gasteiger partial charge in [-0.25, -0.2) is 9.97 Å². The number of aromatic nitrogens is 3. The second kappa shape index (κ2) is 6.63. The zero-order chi connectivity index (χ0) is 17.3. The largest absolute Gasteiger partial charge is 0.480 e. The minimum Gasteiger partial charge on any atom is -0.480 e. The molecule has 128 valence electrons. The van der Waals surface area contributed by atoms with Crippen LogP contribution in [0.15, 0.2) is 18.5 Å². The van der Waals surface area contributed by atoms with Crippen molar-refractivity contribution in [3.63, 3.8) is 0 Å². The van der Waals surface area contributed by atoms with Crippen molar-refractivity contribution in [2.75, 3.05) is 7.11 Å². The Kier molecular flexibility index (Phi) is 4.55. The minimum absolute atomic E-state index is 0.0483. The number of pyridine rings is 1.